The Hall–Kier alpha value is -1.08. The van der Waals surface area contributed by atoms with Crippen molar-refractivity contribution in [1.29, 1.82) is 0 Å². The highest BCUT2D eigenvalue weighted by atomic mass is 19.1. The fourth-order valence-corrected chi connectivity index (χ4v) is 3.24. The first-order chi connectivity index (χ1) is 11.6. The Kier molecular flexibility index (Phi) is 4.92. The van der Waals surface area contributed by atoms with Gasteiger partial charge in [-0.2, -0.15) is 0 Å². The van der Waals surface area contributed by atoms with E-state index in [9.17, 15) is 9.41 Å². The largest absolute Gasteiger partial charge is 0.494 e. The van der Waals surface area contributed by atoms with E-state index in [0.29, 0.717) is 24.2 Å². The molecule has 1 aromatic carbocycles. The van der Waals surface area contributed by atoms with Crippen molar-refractivity contribution < 1.29 is 18.7 Å². The highest BCUT2D eigenvalue weighted by molar-refractivity contribution is 6.62. The van der Waals surface area contributed by atoms with Crippen molar-refractivity contribution in [2.75, 3.05) is 31.1 Å². The number of piperazine rings is 1. The molecule has 8 heteroatoms. The maximum absolute atomic E-state index is 14.7. The van der Waals surface area contributed by atoms with E-state index in [1.165, 1.54) is 6.07 Å². The molecule has 2 heterocycles. The monoisotopic (exact) mass is 348 g/mol. The first kappa shape index (κ1) is 18.7. The molecule has 0 aromatic heterocycles. The number of rotatable bonds is 3. The Balaban J connectivity index is 1.72. The van der Waals surface area contributed by atoms with Crippen LogP contribution >= 0.6 is 0 Å². The summed E-state index contributed by atoms with van der Waals surface area (Å²) in [4.78, 5) is 4.00. The Morgan fingerprint density at radius 1 is 1.08 bits per heavy atom. The second-order valence-corrected chi connectivity index (χ2v) is 7.95. The van der Waals surface area contributed by atoms with Gasteiger partial charge in [-0.05, 0) is 52.1 Å². The van der Waals surface area contributed by atoms with Crippen LogP contribution in [-0.4, -0.2) is 61.4 Å². The van der Waals surface area contributed by atoms with Gasteiger partial charge in [-0.3, -0.25) is 0 Å². The summed E-state index contributed by atoms with van der Waals surface area (Å²) >= 11 is 0. The Morgan fingerprint density at radius 2 is 1.64 bits per heavy atom. The smallest absolute Gasteiger partial charge is 0.437 e. The number of halogens is 1. The van der Waals surface area contributed by atoms with Crippen LogP contribution in [0.25, 0.3) is 0 Å². The fourth-order valence-electron chi connectivity index (χ4n) is 3.24. The van der Waals surface area contributed by atoms with Gasteiger partial charge in [-0.15, -0.1) is 0 Å². The van der Waals surface area contributed by atoms with Gasteiger partial charge in [0.25, 0.3) is 0 Å². The lowest BCUT2D eigenvalue weighted by atomic mass is 9.79. The lowest BCUT2D eigenvalue weighted by Gasteiger charge is -2.36. The molecule has 1 aromatic rings. The first-order valence-electron chi connectivity index (χ1n) is 8.93. The quantitative estimate of drug-likeness (QED) is 0.836. The van der Waals surface area contributed by atoms with Gasteiger partial charge in [0.15, 0.2) is 0 Å². The van der Waals surface area contributed by atoms with Crippen LogP contribution in [0.4, 0.5) is 10.1 Å². The predicted molar refractivity (Wildman–Crippen MR) is 99.7 cm³/mol. The van der Waals surface area contributed by atoms with Gasteiger partial charge in [0.2, 0.25) is 0 Å². The average Bonchev–Trinajstić information content (AvgIpc) is 2.75. The summed E-state index contributed by atoms with van der Waals surface area (Å²) in [6.45, 7) is 12.5. The first-order valence-corrected chi connectivity index (χ1v) is 8.93. The zero-order valence-electron chi connectivity index (χ0n) is 15.8. The molecule has 2 aliphatic rings. The molecule has 0 bridgehead atoms. The minimum atomic E-state index is -0.555. The van der Waals surface area contributed by atoms with E-state index in [0.717, 1.165) is 13.1 Å². The molecule has 2 aliphatic heterocycles. The summed E-state index contributed by atoms with van der Waals surface area (Å²) < 4.78 is 26.7. The van der Waals surface area contributed by atoms with E-state index in [4.69, 9.17) is 9.31 Å². The van der Waals surface area contributed by atoms with Gasteiger partial charge in [0.1, 0.15) is 5.82 Å². The van der Waals surface area contributed by atoms with Crippen molar-refractivity contribution in [2.24, 2.45) is 0 Å². The third-order valence-corrected chi connectivity index (χ3v) is 5.68. The second kappa shape index (κ2) is 6.58. The molecular formula is C17H27B2FN2O3. The van der Waals surface area contributed by atoms with Gasteiger partial charge in [0.05, 0.1) is 16.9 Å². The Bertz CT molecular complexity index is 618. The normalized spacial score (nSPS) is 23.2. The number of benzene rings is 1. The van der Waals surface area contributed by atoms with Crippen LogP contribution in [0.1, 0.15) is 27.7 Å². The standard InChI is InChI=1S/C17H27B2FN2O3/c1-16(2)17(3,4)25-19(24-16)13-6-7-15(14(20)12-13)21-8-10-22(11-9-21)18(5)23/h6-7,12,23H,8-11H2,1-5H3. The molecule has 2 saturated heterocycles. The maximum Gasteiger partial charge on any atom is 0.494 e. The minimum Gasteiger partial charge on any atom is -0.437 e. The van der Waals surface area contributed by atoms with E-state index >= 15 is 0 Å². The summed E-state index contributed by atoms with van der Waals surface area (Å²) in [6.07, 6.45) is 0. The van der Waals surface area contributed by atoms with Crippen LogP contribution in [0.3, 0.4) is 0 Å². The molecule has 0 atom stereocenters. The summed E-state index contributed by atoms with van der Waals surface area (Å²) in [6, 6.07) is 5.19. The van der Waals surface area contributed by atoms with E-state index in [1.54, 1.807) is 12.9 Å². The summed E-state index contributed by atoms with van der Waals surface area (Å²) in [5.74, 6) is -0.266. The van der Waals surface area contributed by atoms with E-state index in [1.807, 2.05) is 43.5 Å². The van der Waals surface area contributed by atoms with Crippen LogP contribution in [0, 0.1) is 5.82 Å². The molecule has 0 amide bonds. The molecule has 5 nitrogen and oxygen atoms in total. The average molecular weight is 348 g/mol. The van der Waals surface area contributed by atoms with E-state index in [2.05, 4.69) is 0 Å². The molecule has 0 radical (unpaired) electrons. The van der Waals surface area contributed by atoms with Crippen molar-refractivity contribution >= 4 is 25.3 Å². The van der Waals surface area contributed by atoms with Crippen molar-refractivity contribution in [3.63, 3.8) is 0 Å². The summed E-state index contributed by atoms with van der Waals surface area (Å²) in [5, 5.41) is 9.64. The van der Waals surface area contributed by atoms with Crippen LogP contribution in [0.5, 0.6) is 0 Å². The van der Waals surface area contributed by atoms with Gasteiger partial charge in [-0.1, -0.05) is 6.07 Å². The molecular weight excluding hydrogens is 321 g/mol. The number of hydrogen-bond donors (Lipinski definition) is 1. The van der Waals surface area contributed by atoms with Crippen molar-refractivity contribution in [1.82, 2.24) is 4.81 Å². The molecule has 0 aliphatic carbocycles. The number of nitrogens with zero attached hydrogens (tertiary/aromatic N) is 2. The number of anilines is 1. The molecule has 25 heavy (non-hydrogen) atoms. The zero-order valence-corrected chi connectivity index (χ0v) is 15.8. The molecule has 2 fully saturated rings. The third-order valence-electron chi connectivity index (χ3n) is 5.68. The molecule has 0 unspecified atom stereocenters. The SMILES string of the molecule is CB(O)N1CCN(c2ccc(B3OC(C)(C)C(C)(C)O3)cc2F)CC1. The van der Waals surface area contributed by atoms with Crippen molar-refractivity contribution in [3.8, 4) is 0 Å². The zero-order chi connectivity index (χ0) is 18.4. The second-order valence-electron chi connectivity index (χ2n) is 7.95. The van der Waals surface area contributed by atoms with E-state index in [-0.39, 0.29) is 5.82 Å². The predicted octanol–water partition coefficient (Wildman–Crippen LogP) is 1.36. The number of hydrogen-bond acceptors (Lipinski definition) is 5. The lowest BCUT2D eigenvalue weighted by Crippen LogP contribution is -2.51. The topological polar surface area (TPSA) is 45.2 Å². The van der Waals surface area contributed by atoms with E-state index < -0.39 is 25.4 Å². The van der Waals surface area contributed by atoms with Gasteiger partial charge >= 0.3 is 14.2 Å². The highest BCUT2D eigenvalue weighted by Gasteiger charge is 2.51. The van der Waals surface area contributed by atoms with Crippen molar-refractivity contribution in [3.05, 3.63) is 24.0 Å². The van der Waals surface area contributed by atoms with Crippen molar-refractivity contribution in [2.45, 2.75) is 45.7 Å². The molecule has 1 N–H and O–H groups in total. The molecule has 0 spiro atoms. The highest BCUT2D eigenvalue weighted by Crippen LogP contribution is 2.36. The third kappa shape index (κ3) is 3.58. The summed E-state index contributed by atoms with van der Waals surface area (Å²) in [5.41, 5.74) is 0.405. The van der Waals surface area contributed by atoms with Crippen LogP contribution in [0.15, 0.2) is 18.2 Å². The summed E-state index contributed by atoms with van der Waals surface area (Å²) in [7, 11) is -1.02. The van der Waals surface area contributed by atoms with Gasteiger partial charge < -0.3 is 24.0 Å². The molecule has 3 rings (SSSR count). The van der Waals surface area contributed by atoms with Crippen LogP contribution in [-0.2, 0) is 9.31 Å². The van der Waals surface area contributed by atoms with Gasteiger partial charge in [0, 0.05) is 26.2 Å². The maximum atomic E-state index is 14.7. The Morgan fingerprint density at radius 3 is 2.12 bits per heavy atom. The van der Waals surface area contributed by atoms with Gasteiger partial charge in [-0.25, -0.2) is 4.39 Å². The fraction of sp³-hybridized carbons (Fsp3) is 0.647. The van der Waals surface area contributed by atoms with Crippen LogP contribution in [0.2, 0.25) is 6.82 Å². The Labute approximate surface area is 150 Å². The molecule has 0 saturated carbocycles. The lowest BCUT2D eigenvalue weighted by molar-refractivity contribution is 0.00578. The van der Waals surface area contributed by atoms with Crippen LogP contribution < -0.4 is 10.4 Å². The molecule has 136 valence electrons. The minimum absolute atomic E-state index is 0.266.